The maximum atomic E-state index is 12.6. The molecule has 1 atom stereocenters. The quantitative estimate of drug-likeness (QED) is 0.921. The molecule has 1 aromatic heterocycles. The van der Waals surface area contributed by atoms with Gasteiger partial charge in [0.15, 0.2) is 0 Å². The number of hydrogen-bond donors (Lipinski definition) is 1. The van der Waals surface area contributed by atoms with Crippen LogP contribution in [0.1, 0.15) is 70.2 Å². The highest BCUT2D eigenvalue weighted by molar-refractivity contribution is 5.93. The SMILES string of the molecule is CC(C)C1=NO[C@@H](C(=O)N2CCC(c3cc(C(C)C)n[nH]3)CC2)C1. The second kappa shape index (κ2) is 6.95. The Morgan fingerprint density at radius 2 is 1.96 bits per heavy atom. The van der Waals surface area contributed by atoms with E-state index in [0.717, 1.165) is 37.3 Å². The zero-order valence-corrected chi connectivity index (χ0v) is 15.1. The number of aromatic nitrogens is 2. The van der Waals surface area contributed by atoms with E-state index in [2.05, 4.69) is 49.1 Å². The molecule has 6 heteroatoms. The molecule has 24 heavy (non-hydrogen) atoms. The van der Waals surface area contributed by atoms with Gasteiger partial charge >= 0.3 is 0 Å². The number of oxime groups is 1. The van der Waals surface area contributed by atoms with Gasteiger partial charge < -0.3 is 9.74 Å². The maximum absolute atomic E-state index is 12.6. The van der Waals surface area contributed by atoms with Gasteiger partial charge in [0.05, 0.1) is 11.4 Å². The molecule has 0 saturated carbocycles. The summed E-state index contributed by atoms with van der Waals surface area (Å²) in [5, 5.41) is 11.6. The third-order valence-corrected chi connectivity index (χ3v) is 5.09. The molecule has 1 saturated heterocycles. The Balaban J connectivity index is 1.52. The van der Waals surface area contributed by atoms with Crippen LogP contribution in [-0.2, 0) is 9.63 Å². The predicted molar refractivity (Wildman–Crippen MR) is 93.0 cm³/mol. The Morgan fingerprint density at radius 1 is 1.25 bits per heavy atom. The van der Waals surface area contributed by atoms with Crippen molar-refractivity contribution in [2.45, 2.75) is 64.9 Å². The van der Waals surface area contributed by atoms with E-state index in [1.54, 1.807) is 0 Å². The highest BCUT2D eigenvalue weighted by Gasteiger charge is 2.34. The minimum absolute atomic E-state index is 0.0836. The summed E-state index contributed by atoms with van der Waals surface area (Å²) >= 11 is 0. The molecule has 3 heterocycles. The van der Waals surface area contributed by atoms with E-state index in [-0.39, 0.29) is 5.91 Å². The Bertz CT molecular complexity index is 612. The van der Waals surface area contributed by atoms with Crippen molar-refractivity contribution in [2.24, 2.45) is 11.1 Å². The lowest BCUT2D eigenvalue weighted by molar-refractivity contribution is -0.143. The van der Waals surface area contributed by atoms with Crippen molar-refractivity contribution >= 4 is 11.6 Å². The monoisotopic (exact) mass is 332 g/mol. The number of nitrogens with one attached hydrogen (secondary N) is 1. The Labute approximate surface area is 143 Å². The summed E-state index contributed by atoms with van der Waals surface area (Å²) in [5.41, 5.74) is 3.30. The molecule has 0 radical (unpaired) electrons. The number of likely N-dealkylation sites (tertiary alicyclic amines) is 1. The molecule has 2 aliphatic heterocycles. The van der Waals surface area contributed by atoms with Crippen LogP contribution < -0.4 is 0 Å². The molecule has 132 valence electrons. The second-order valence-electron chi connectivity index (χ2n) is 7.54. The molecule has 0 bridgehead atoms. The Hall–Kier alpha value is -1.85. The fraction of sp³-hybridized carbons (Fsp3) is 0.722. The van der Waals surface area contributed by atoms with Crippen molar-refractivity contribution < 1.29 is 9.63 Å². The molecular formula is C18H28N4O2. The number of rotatable bonds is 4. The van der Waals surface area contributed by atoms with E-state index >= 15 is 0 Å². The van der Waals surface area contributed by atoms with Crippen LogP contribution in [0.25, 0.3) is 0 Å². The molecule has 6 nitrogen and oxygen atoms in total. The van der Waals surface area contributed by atoms with Gasteiger partial charge in [-0.2, -0.15) is 5.10 Å². The van der Waals surface area contributed by atoms with Crippen LogP contribution in [-0.4, -0.2) is 45.9 Å². The molecule has 3 rings (SSSR count). The summed E-state index contributed by atoms with van der Waals surface area (Å²) in [5.74, 6) is 1.32. The first kappa shape index (κ1) is 17.0. The molecule has 1 N–H and O–H groups in total. The summed E-state index contributed by atoms with van der Waals surface area (Å²) in [4.78, 5) is 19.9. The minimum Gasteiger partial charge on any atom is -0.382 e. The van der Waals surface area contributed by atoms with Crippen molar-refractivity contribution in [3.8, 4) is 0 Å². The van der Waals surface area contributed by atoms with Crippen LogP contribution in [0.2, 0.25) is 0 Å². The van der Waals surface area contributed by atoms with E-state index in [0.29, 0.717) is 24.2 Å². The normalized spacial score (nSPS) is 22.2. The lowest BCUT2D eigenvalue weighted by Crippen LogP contribution is -2.43. The number of piperidine rings is 1. The van der Waals surface area contributed by atoms with Crippen molar-refractivity contribution in [1.82, 2.24) is 15.1 Å². The number of aromatic amines is 1. The third-order valence-electron chi connectivity index (χ3n) is 5.09. The molecule has 0 aliphatic carbocycles. The summed E-state index contributed by atoms with van der Waals surface area (Å²) in [6.07, 6.45) is 2.15. The van der Waals surface area contributed by atoms with Crippen LogP contribution in [0.15, 0.2) is 11.2 Å². The minimum atomic E-state index is -0.418. The van der Waals surface area contributed by atoms with Gasteiger partial charge in [-0.3, -0.25) is 9.89 Å². The highest BCUT2D eigenvalue weighted by Crippen LogP contribution is 2.29. The largest absolute Gasteiger partial charge is 0.382 e. The number of hydrogen-bond acceptors (Lipinski definition) is 4. The fourth-order valence-electron chi connectivity index (χ4n) is 3.34. The van der Waals surface area contributed by atoms with Gasteiger partial charge in [-0.05, 0) is 30.7 Å². The lowest BCUT2D eigenvalue weighted by Gasteiger charge is -2.32. The van der Waals surface area contributed by atoms with Crippen LogP contribution in [0.5, 0.6) is 0 Å². The zero-order valence-electron chi connectivity index (χ0n) is 15.1. The molecular weight excluding hydrogens is 304 g/mol. The van der Waals surface area contributed by atoms with Crippen LogP contribution in [0.4, 0.5) is 0 Å². The van der Waals surface area contributed by atoms with Crippen molar-refractivity contribution in [3.05, 3.63) is 17.5 Å². The van der Waals surface area contributed by atoms with Crippen LogP contribution in [0.3, 0.4) is 0 Å². The Morgan fingerprint density at radius 3 is 2.50 bits per heavy atom. The van der Waals surface area contributed by atoms with E-state index in [4.69, 9.17) is 4.84 Å². The molecule has 2 aliphatic rings. The van der Waals surface area contributed by atoms with Gasteiger partial charge in [-0.1, -0.05) is 32.9 Å². The average Bonchev–Trinajstić information content (AvgIpc) is 3.24. The fourth-order valence-corrected chi connectivity index (χ4v) is 3.34. The standard InChI is InChI=1S/C18H28N4O2/c1-11(2)14-9-16(20-19-14)13-5-7-22(8-6-13)18(23)17-10-15(12(3)4)21-24-17/h9,11-13,17H,5-8,10H2,1-4H3,(H,19,20)/t17-/m1/s1. The summed E-state index contributed by atoms with van der Waals surface area (Å²) in [6.45, 7) is 10.0. The van der Waals surface area contributed by atoms with E-state index in [1.807, 2.05) is 4.90 Å². The van der Waals surface area contributed by atoms with Gasteiger partial charge in [0.1, 0.15) is 0 Å². The molecule has 1 amide bonds. The van der Waals surface area contributed by atoms with Gasteiger partial charge in [-0.25, -0.2) is 0 Å². The summed E-state index contributed by atoms with van der Waals surface area (Å²) in [6, 6.07) is 2.18. The number of carbonyl (C=O) groups is 1. The van der Waals surface area contributed by atoms with Gasteiger partial charge in [0.25, 0.3) is 5.91 Å². The molecule has 0 aromatic carbocycles. The predicted octanol–water partition coefficient (Wildman–Crippen LogP) is 3.04. The number of nitrogens with zero attached hydrogens (tertiary/aromatic N) is 3. The average molecular weight is 332 g/mol. The molecule has 0 spiro atoms. The van der Waals surface area contributed by atoms with Gasteiger partial charge in [0.2, 0.25) is 6.10 Å². The number of amides is 1. The van der Waals surface area contributed by atoms with Crippen molar-refractivity contribution in [2.75, 3.05) is 13.1 Å². The summed E-state index contributed by atoms with van der Waals surface area (Å²) < 4.78 is 0. The van der Waals surface area contributed by atoms with E-state index < -0.39 is 6.10 Å². The Kier molecular flexibility index (Phi) is 4.92. The lowest BCUT2D eigenvalue weighted by atomic mass is 9.92. The number of carbonyl (C=O) groups excluding carboxylic acids is 1. The zero-order chi connectivity index (χ0) is 17.3. The molecule has 1 aromatic rings. The number of H-pyrrole nitrogens is 1. The smallest absolute Gasteiger partial charge is 0.266 e. The van der Waals surface area contributed by atoms with Gasteiger partial charge in [-0.15, -0.1) is 0 Å². The van der Waals surface area contributed by atoms with E-state index in [1.165, 1.54) is 5.69 Å². The highest BCUT2D eigenvalue weighted by atomic mass is 16.6. The van der Waals surface area contributed by atoms with E-state index in [9.17, 15) is 4.79 Å². The topological polar surface area (TPSA) is 70.6 Å². The first-order chi connectivity index (χ1) is 11.5. The van der Waals surface area contributed by atoms with Crippen LogP contribution in [0, 0.1) is 5.92 Å². The summed E-state index contributed by atoms with van der Waals surface area (Å²) in [7, 11) is 0. The third kappa shape index (κ3) is 3.47. The molecule has 0 unspecified atom stereocenters. The van der Waals surface area contributed by atoms with Crippen molar-refractivity contribution in [3.63, 3.8) is 0 Å². The first-order valence-electron chi connectivity index (χ1n) is 9.02. The van der Waals surface area contributed by atoms with Gasteiger partial charge in [0, 0.05) is 31.1 Å². The second-order valence-corrected chi connectivity index (χ2v) is 7.54. The van der Waals surface area contributed by atoms with Crippen molar-refractivity contribution in [1.29, 1.82) is 0 Å². The molecule has 1 fully saturated rings. The maximum Gasteiger partial charge on any atom is 0.266 e. The van der Waals surface area contributed by atoms with Crippen LogP contribution >= 0.6 is 0 Å². The first-order valence-corrected chi connectivity index (χ1v) is 9.02.